The van der Waals surface area contributed by atoms with Crippen molar-refractivity contribution in [3.05, 3.63) is 65.5 Å². The number of Topliss-reactive ketones (excluding diaryl/α,β-unsaturated/α-hetero) is 1. The van der Waals surface area contributed by atoms with Crippen molar-refractivity contribution in [2.45, 2.75) is 38.5 Å². The van der Waals surface area contributed by atoms with Crippen molar-refractivity contribution in [1.29, 1.82) is 0 Å². The molecule has 0 radical (unpaired) electrons. The molecule has 0 aromatic heterocycles. The summed E-state index contributed by atoms with van der Waals surface area (Å²) in [5, 5.41) is 2.88. The lowest BCUT2D eigenvalue weighted by molar-refractivity contribution is -0.121. The molecule has 0 atom stereocenters. The van der Waals surface area contributed by atoms with Crippen molar-refractivity contribution in [2.75, 3.05) is 13.7 Å². The molecule has 0 aliphatic rings. The average Bonchev–Trinajstić information content (AvgIpc) is 2.69. The van der Waals surface area contributed by atoms with Crippen molar-refractivity contribution in [1.82, 2.24) is 5.32 Å². The van der Waals surface area contributed by atoms with Gasteiger partial charge >= 0.3 is 0 Å². The normalized spacial score (nSPS) is 10.4. The Morgan fingerprint density at radius 2 is 1.63 bits per heavy atom. The fourth-order valence-electron chi connectivity index (χ4n) is 2.75. The first-order valence-corrected chi connectivity index (χ1v) is 9.27. The molecule has 2 rings (SSSR count). The van der Waals surface area contributed by atoms with Crippen LogP contribution >= 0.6 is 0 Å². The van der Waals surface area contributed by atoms with Crippen LogP contribution in [0.1, 0.15) is 48.0 Å². The van der Waals surface area contributed by atoms with Crippen molar-refractivity contribution in [3.63, 3.8) is 0 Å². The van der Waals surface area contributed by atoms with E-state index in [-0.39, 0.29) is 17.5 Å². The van der Waals surface area contributed by atoms with Gasteiger partial charge in [-0.15, -0.1) is 0 Å². The first kappa shape index (κ1) is 20.6. The molecule has 5 heteroatoms. The van der Waals surface area contributed by atoms with E-state index in [1.54, 1.807) is 43.5 Å². The van der Waals surface area contributed by atoms with E-state index in [2.05, 4.69) is 5.32 Å². The van der Waals surface area contributed by atoms with Gasteiger partial charge < -0.3 is 10.1 Å². The topological polar surface area (TPSA) is 55.4 Å². The summed E-state index contributed by atoms with van der Waals surface area (Å²) < 4.78 is 17.9. The SMILES string of the molecule is COc1ccc(C(=O)CCCC(=O)NCCCCc2ccc(F)cc2)cc1. The Morgan fingerprint density at radius 3 is 2.30 bits per heavy atom. The largest absolute Gasteiger partial charge is 0.497 e. The number of benzene rings is 2. The van der Waals surface area contributed by atoms with E-state index in [1.807, 2.05) is 0 Å². The minimum Gasteiger partial charge on any atom is -0.497 e. The van der Waals surface area contributed by atoms with Gasteiger partial charge in [0.15, 0.2) is 5.78 Å². The van der Waals surface area contributed by atoms with E-state index in [1.165, 1.54) is 12.1 Å². The van der Waals surface area contributed by atoms with E-state index in [0.29, 0.717) is 37.1 Å². The zero-order chi connectivity index (χ0) is 19.5. The summed E-state index contributed by atoms with van der Waals surface area (Å²) in [5.74, 6) is 0.492. The number of halogens is 1. The van der Waals surface area contributed by atoms with E-state index in [9.17, 15) is 14.0 Å². The lowest BCUT2D eigenvalue weighted by atomic mass is 10.1. The van der Waals surface area contributed by atoms with Crippen LogP contribution in [0.5, 0.6) is 5.75 Å². The molecule has 2 aromatic rings. The average molecular weight is 371 g/mol. The van der Waals surface area contributed by atoms with Crippen LogP contribution < -0.4 is 10.1 Å². The molecule has 27 heavy (non-hydrogen) atoms. The van der Waals surface area contributed by atoms with Gasteiger partial charge in [-0.05, 0) is 67.6 Å². The maximum atomic E-state index is 12.8. The summed E-state index contributed by atoms with van der Waals surface area (Å²) in [4.78, 5) is 23.9. The standard InChI is InChI=1S/C22H26FNO3/c1-27-20-14-10-18(11-15-20)21(25)6-4-7-22(26)24-16-3-2-5-17-8-12-19(23)13-9-17/h8-15H,2-7,16H2,1H3,(H,24,26). The second-order valence-electron chi connectivity index (χ2n) is 6.44. The first-order chi connectivity index (χ1) is 13.1. The van der Waals surface area contributed by atoms with Gasteiger partial charge in [0.05, 0.1) is 7.11 Å². The first-order valence-electron chi connectivity index (χ1n) is 9.27. The smallest absolute Gasteiger partial charge is 0.220 e. The van der Waals surface area contributed by atoms with Gasteiger partial charge in [0.2, 0.25) is 5.91 Å². The zero-order valence-electron chi connectivity index (χ0n) is 15.7. The van der Waals surface area contributed by atoms with Gasteiger partial charge in [0.25, 0.3) is 0 Å². The number of hydrogen-bond acceptors (Lipinski definition) is 3. The summed E-state index contributed by atoms with van der Waals surface area (Å²) in [7, 11) is 1.58. The molecule has 0 saturated heterocycles. The number of ketones is 1. The summed E-state index contributed by atoms with van der Waals surface area (Å²) in [5.41, 5.74) is 1.73. The van der Waals surface area contributed by atoms with Gasteiger partial charge in [-0.2, -0.15) is 0 Å². The van der Waals surface area contributed by atoms with E-state index in [0.717, 1.165) is 24.8 Å². The molecule has 0 bridgehead atoms. The Bertz CT molecular complexity index is 726. The second-order valence-corrected chi connectivity index (χ2v) is 6.44. The van der Waals surface area contributed by atoms with Gasteiger partial charge in [0.1, 0.15) is 11.6 Å². The van der Waals surface area contributed by atoms with Crippen molar-refractivity contribution in [3.8, 4) is 5.75 Å². The summed E-state index contributed by atoms with van der Waals surface area (Å²) in [6, 6.07) is 13.5. The molecule has 0 aliphatic heterocycles. The fourth-order valence-corrected chi connectivity index (χ4v) is 2.75. The molecule has 1 amide bonds. The third-order valence-corrected chi connectivity index (χ3v) is 4.35. The quantitative estimate of drug-likeness (QED) is 0.473. The molecule has 2 aromatic carbocycles. The van der Waals surface area contributed by atoms with Crippen LogP contribution in [0.3, 0.4) is 0 Å². The predicted octanol–water partition coefficient (Wildman–Crippen LogP) is 4.33. The summed E-state index contributed by atoms with van der Waals surface area (Å²) in [6.45, 7) is 0.618. The molecule has 0 fully saturated rings. The van der Waals surface area contributed by atoms with Crippen LogP contribution in [0, 0.1) is 5.82 Å². The monoisotopic (exact) mass is 371 g/mol. The molecule has 0 aliphatic carbocycles. The number of rotatable bonds is 11. The highest BCUT2D eigenvalue weighted by Crippen LogP contribution is 2.14. The number of methoxy groups -OCH3 is 1. The number of unbranched alkanes of at least 4 members (excludes halogenated alkanes) is 1. The third kappa shape index (κ3) is 7.60. The Hall–Kier alpha value is -2.69. The lowest BCUT2D eigenvalue weighted by Gasteiger charge is -2.06. The molecule has 144 valence electrons. The fraction of sp³-hybridized carbons (Fsp3) is 0.364. The number of carbonyl (C=O) groups is 2. The van der Waals surface area contributed by atoms with Crippen LogP contribution in [-0.4, -0.2) is 25.3 Å². The molecule has 1 N–H and O–H groups in total. The van der Waals surface area contributed by atoms with E-state index >= 15 is 0 Å². The van der Waals surface area contributed by atoms with Crippen molar-refractivity contribution < 1.29 is 18.7 Å². The van der Waals surface area contributed by atoms with Crippen molar-refractivity contribution in [2.24, 2.45) is 0 Å². The number of ether oxygens (including phenoxy) is 1. The van der Waals surface area contributed by atoms with Crippen LogP contribution in [0.25, 0.3) is 0 Å². The van der Waals surface area contributed by atoms with Crippen LogP contribution in [0.4, 0.5) is 4.39 Å². The lowest BCUT2D eigenvalue weighted by Crippen LogP contribution is -2.24. The summed E-state index contributed by atoms with van der Waals surface area (Å²) in [6.07, 6.45) is 3.90. The Labute approximate surface area is 159 Å². The van der Waals surface area contributed by atoms with E-state index < -0.39 is 0 Å². The highest BCUT2D eigenvalue weighted by Gasteiger charge is 2.08. The number of hydrogen-bond donors (Lipinski definition) is 1. The third-order valence-electron chi connectivity index (χ3n) is 4.35. The number of nitrogens with one attached hydrogen (secondary N) is 1. The van der Waals surface area contributed by atoms with Gasteiger partial charge in [-0.1, -0.05) is 12.1 Å². The minimum absolute atomic E-state index is 0.0284. The highest BCUT2D eigenvalue weighted by molar-refractivity contribution is 5.96. The summed E-state index contributed by atoms with van der Waals surface area (Å²) >= 11 is 0. The number of aryl methyl sites for hydroxylation is 1. The minimum atomic E-state index is -0.225. The molecule has 4 nitrogen and oxygen atoms in total. The number of amides is 1. The highest BCUT2D eigenvalue weighted by atomic mass is 19.1. The van der Waals surface area contributed by atoms with Gasteiger partial charge in [-0.25, -0.2) is 4.39 Å². The molecule has 0 spiro atoms. The Balaban J connectivity index is 1.55. The molecule has 0 heterocycles. The van der Waals surface area contributed by atoms with Crippen LogP contribution in [0.2, 0.25) is 0 Å². The predicted molar refractivity (Wildman–Crippen MR) is 104 cm³/mol. The van der Waals surface area contributed by atoms with Crippen molar-refractivity contribution >= 4 is 11.7 Å². The molecule has 0 unspecified atom stereocenters. The van der Waals surface area contributed by atoms with Gasteiger partial charge in [0, 0.05) is 24.9 Å². The molecular weight excluding hydrogens is 345 g/mol. The second kappa shape index (κ2) is 11.1. The van der Waals surface area contributed by atoms with Gasteiger partial charge in [-0.3, -0.25) is 9.59 Å². The number of carbonyl (C=O) groups excluding carboxylic acids is 2. The molecular formula is C22H26FNO3. The van der Waals surface area contributed by atoms with Crippen LogP contribution in [-0.2, 0) is 11.2 Å². The van der Waals surface area contributed by atoms with E-state index in [4.69, 9.17) is 4.74 Å². The maximum Gasteiger partial charge on any atom is 0.220 e. The maximum absolute atomic E-state index is 12.8. The Morgan fingerprint density at radius 1 is 0.926 bits per heavy atom. The zero-order valence-corrected chi connectivity index (χ0v) is 15.7. The van der Waals surface area contributed by atoms with Crippen LogP contribution in [0.15, 0.2) is 48.5 Å². The molecule has 0 saturated carbocycles. The Kier molecular flexibility index (Phi) is 8.49.